The summed E-state index contributed by atoms with van der Waals surface area (Å²) in [5, 5.41) is 1.12. The van der Waals surface area contributed by atoms with Gasteiger partial charge < -0.3 is 9.64 Å². The van der Waals surface area contributed by atoms with E-state index in [1.54, 1.807) is 0 Å². The predicted octanol–water partition coefficient (Wildman–Crippen LogP) is 5.77. The number of carbonyl (C=O) groups excluding carboxylic acids is 1. The molecule has 0 N–H and O–H groups in total. The number of hydrogen-bond donors (Lipinski definition) is 0. The van der Waals surface area contributed by atoms with E-state index in [0.29, 0.717) is 12.6 Å². The maximum absolute atomic E-state index is 12.2. The molecule has 3 nitrogen and oxygen atoms in total. The zero-order chi connectivity index (χ0) is 17.2. The van der Waals surface area contributed by atoms with Gasteiger partial charge in [0.1, 0.15) is 6.61 Å². The van der Waals surface area contributed by atoms with Crippen LogP contribution in [0.15, 0.2) is 30.3 Å². The molecule has 1 saturated carbocycles. The topological polar surface area (TPSA) is 29.5 Å². The standard InChI is InChI=1S/C20H30BrNO2/c1-22(20(23)24-16-18-9-4-2-5-10-18)19-13-11-17(12-14-19)8-6-3-7-15-21/h2,4-5,9-10,17,19H,3,6-8,11-16H2,1H3. The minimum atomic E-state index is -0.195. The van der Waals surface area contributed by atoms with Gasteiger partial charge in [0.15, 0.2) is 0 Å². The minimum Gasteiger partial charge on any atom is -0.445 e. The molecular weight excluding hydrogens is 366 g/mol. The van der Waals surface area contributed by atoms with E-state index in [1.807, 2.05) is 42.3 Å². The van der Waals surface area contributed by atoms with Gasteiger partial charge in [-0.15, -0.1) is 0 Å². The van der Waals surface area contributed by atoms with Crippen molar-refractivity contribution in [2.24, 2.45) is 5.92 Å². The molecule has 24 heavy (non-hydrogen) atoms. The zero-order valence-corrected chi connectivity index (χ0v) is 16.3. The Morgan fingerprint density at radius 3 is 2.50 bits per heavy atom. The van der Waals surface area contributed by atoms with Crippen molar-refractivity contribution in [3.8, 4) is 0 Å². The summed E-state index contributed by atoms with van der Waals surface area (Å²) in [5.74, 6) is 0.852. The summed E-state index contributed by atoms with van der Waals surface area (Å²) in [7, 11) is 1.88. The van der Waals surface area contributed by atoms with E-state index in [1.165, 1.54) is 38.5 Å². The third-order valence-electron chi connectivity index (χ3n) is 5.10. The van der Waals surface area contributed by atoms with Crippen molar-refractivity contribution in [3.05, 3.63) is 35.9 Å². The van der Waals surface area contributed by atoms with Crippen LogP contribution in [0.1, 0.15) is 56.9 Å². The smallest absolute Gasteiger partial charge is 0.410 e. The van der Waals surface area contributed by atoms with Crippen LogP contribution in [0, 0.1) is 5.92 Å². The summed E-state index contributed by atoms with van der Waals surface area (Å²) in [6, 6.07) is 10.2. The number of carbonyl (C=O) groups is 1. The van der Waals surface area contributed by atoms with E-state index in [0.717, 1.165) is 29.7 Å². The molecule has 0 saturated heterocycles. The van der Waals surface area contributed by atoms with Crippen molar-refractivity contribution < 1.29 is 9.53 Å². The van der Waals surface area contributed by atoms with Crippen LogP contribution < -0.4 is 0 Å². The third kappa shape index (κ3) is 6.46. The van der Waals surface area contributed by atoms with Gasteiger partial charge in [-0.1, -0.05) is 65.5 Å². The molecule has 0 bridgehead atoms. The van der Waals surface area contributed by atoms with E-state index < -0.39 is 0 Å². The average Bonchev–Trinajstić information content (AvgIpc) is 2.64. The van der Waals surface area contributed by atoms with Crippen LogP contribution in [0.3, 0.4) is 0 Å². The van der Waals surface area contributed by atoms with Gasteiger partial charge in [0.05, 0.1) is 0 Å². The first-order valence-corrected chi connectivity index (χ1v) is 10.3. The molecule has 0 radical (unpaired) electrons. The number of halogens is 1. The van der Waals surface area contributed by atoms with Crippen LogP contribution in [0.2, 0.25) is 0 Å². The van der Waals surface area contributed by atoms with E-state index in [9.17, 15) is 4.79 Å². The lowest BCUT2D eigenvalue weighted by Crippen LogP contribution is -2.39. The molecule has 0 spiro atoms. The molecule has 0 unspecified atom stereocenters. The Morgan fingerprint density at radius 1 is 1.12 bits per heavy atom. The first-order valence-electron chi connectivity index (χ1n) is 9.20. The lowest BCUT2D eigenvalue weighted by atomic mass is 9.82. The molecule has 1 aromatic rings. The third-order valence-corrected chi connectivity index (χ3v) is 5.66. The zero-order valence-electron chi connectivity index (χ0n) is 14.8. The molecule has 2 rings (SSSR count). The second-order valence-electron chi connectivity index (χ2n) is 6.86. The largest absolute Gasteiger partial charge is 0.445 e. The Morgan fingerprint density at radius 2 is 1.83 bits per heavy atom. The fourth-order valence-electron chi connectivity index (χ4n) is 3.50. The van der Waals surface area contributed by atoms with Gasteiger partial charge in [-0.25, -0.2) is 4.79 Å². The summed E-state index contributed by atoms with van der Waals surface area (Å²) in [4.78, 5) is 14.0. The van der Waals surface area contributed by atoms with Gasteiger partial charge in [0.25, 0.3) is 0 Å². The Labute approximate surface area is 154 Å². The number of benzene rings is 1. The normalized spacial score (nSPS) is 20.6. The lowest BCUT2D eigenvalue weighted by molar-refractivity contribution is 0.0786. The molecule has 134 valence electrons. The highest BCUT2D eigenvalue weighted by Gasteiger charge is 2.27. The van der Waals surface area contributed by atoms with Gasteiger partial charge >= 0.3 is 6.09 Å². The fourth-order valence-corrected chi connectivity index (χ4v) is 3.89. The number of nitrogens with zero attached hydrogens (tertiary/aromatic N) is 1. The van der Waals surface area contributed by atoms with Crippen LogP contribution >= 0.6 is 15.9 Å². The Hall–Kier alpha value is -1.03. The van der Waals surface area contributed by atoms with Crippen molar-refractivity contribution in [2.75, 3.05) is 12.4 Å². The van der Waals surface area contributed by atoms with Crippen molar-refractivity contribution >= 4 is 22.0 Å². The van der Waals surface area contributed by atoms with Crippen molar-refractivity contribution in [1.82, 2.24) is 4.90 Å². The Kier molecular flexibility index (Phi) is 8.65. The SMILES string of the molecule is CN(C(=O)OCc1ccccc1)C1CCC(CCCCCBr)CC1. The van der Waals surface area contributed by atoms with E-state index in [-0.39, 0.29) is 6.09 Å². The minimum absolute atomic E-state index is 0.195. The summed E-state index contributed by atoms with van der Waals surface area (Å²) in [6.07, 6.45) is 9.82. The van der Waals surface area contributed by atoms with Crippen LogP contribution in [0.4, 0.5) is 4.79 Å². The number of amides is 1. The number of rotatable bonds is 8. The van der Waals surface area contributed by atoms with E-state index in [4.69, 9.17) is 4.74 Å². The second kappa shape index (κ2) is 10.8. The fraction of sp³-hybridized carbons (Fsp3) is 0.650. The summed E-state index contributed by atoms with van der Waals surface area (Å²) in [5.41, 5.74) is 1.03. The molecular formula is C20H30BrNO2. The predicted molar refractivity (Wildman–Crippen MR) is 102 cm³/mol. The Balaban J connectivity index is 1.66. The maximum atomic E-state index is 12.2. The number of ether oxygens (including phenoxy) is 1. The monoisotopic (exact) mass is 395 g/mol. The lowest BCUT2D eigenvalue weighted by Gasteiger charge is -2.34. The molecule has 1 aromatic carbocycles. The van der Waals surface area contributed by atoms with Gasteiger partial charge in [-0.3, -0.25) is 0 Å². The summed E-state index contributed by atoms with van der Waals surface area (Å²) in [6.45, 7) is 0.354. The number of hydrogen-bond acceptors (Lipinski definition) is 2. The first kappa shape index (κ1) is 19.3. The van der Waals surface area contributed by atoms with Crippen molar-refractivity contribution in [2.45, 2.75) is 64.0 Å². The number of unbranched alkanes of at least 4 members (excludes halogenated alkanes) is 2. The average molecular weight is 396 g/mol. The summed E-state index contributed by atoms with van der Waals surface area (Å²) < 4.78 is 5.44. The van der Waals surface area contributed by atoms with Gasteiger partial charge in [-0.05, 0) is 43.6 Å². The van der Waals surface area contributed by atoms with E-state index in [2.05, 4.69) is 15.9 Å². The molecule has 0 atom stereocenters. The van der Waals surface area contributed by atoms with Crippen LogP contribution in [-0.2, 0) is 11.3 Å². The van der Waals surface area contributed by atoms with Crippen LogP contribution in [0.25, 0.3) is 0 Å². The molecule has 1 aliphatic rings. The highest BCUT2D eigenvalue weighted by atomic mass is 79.9. The van der Waals surface area contributed by atoms with Gasteiger partial charge in [-0.2, -0.15) is 0 Å². The van der Waals surface area contributed by atoms with Crippen molar-refractivity contribution in [1.29, 1.82) is 0 Å². The highest BCUT2D eigenvalue weighted by molar-refractivity contribution is 9.09. The Bertz CT molecular complexity index is 472. The molecule has 1 amide bonds. The highest BCUT2D eigenvalue weighted by Crippen LogP contribution is 2.30. The molecule has 0 aliphatic heterocycles. The molecule has 0 heterocycles. The number of alkyl halides is 1. The second-order valence-corrected chi connectivity index (χ2v) is 7.66. The van der Waals surface area contributed by atoms with Gasteiger partial charge in [0.2, 0.25) is 0 Å². The van der Waals surface area contributed by atoms with Crippen LogP contribution in [0.5, 0.6) is 0 Å². The summed E-state index contributed by atoms with van der Waals surface area (Å²) >= 11 is 3.49. The van der Waals surface area contributed by atoms with Gasteiger partial charge in [0, 0.05) is 18.4 Å². The molecule has 1 aliphatic carbocycles. The molecule has 4 heteroatoms. The maximum Gasteiger partial charge on any atom is 0.410 e. The molecule has 0 aromatic heterocycles. The van der Waals surface area contributed by atoms with Crippen LogP contribution in [-0.4, -0.2) is 29.4 Å². The quantitative estimate of drug-likeness (QED) is 0.412. The van der Waals surface area contributed by atoms with E-state index >= 15 is 0 Å². The first-order chi connectivity index (χ1) is 11.7. The van der Waals surface area contributed by atoms with Crippen molar-refractivity contribution in [3.63, 3.8) is 0 Å². The molecule has 1 fully saturated rings.